The van der Waals surface area contributed by atoms with E-state index in [-0.39, 0.29) is 30.1 Å². The van der Waals surface area contributed by atoms with E-state index in [0.717, 1.165) is 78.1 Å². The molecule has 7 nitrogen and oxygen atoms in total. The van der Waals surface area contributed by atoms with Crippen LogP contribution in [0.4, 0.5) is 0 Å². The quantitative estimate of drug-likeness (QED) is 0.336. The van der Waals surface area contributed by atoms with Crippen LogP contribution < -0.4 is 5.32 Å². The second kappa shape index (κ2) is 12.3. The number of ether oxygens (including phenoxy) is 2. The van der Waals surface area contributed by atoms with Crippen LogP contribution in [0.1, 0.15) is 19.4 Å². The molecule has 3 fully saturated rings. The van der Waals surface area contributed by atoms with Gasteiger partial charge in [-0.1, -0.05) is 30.3 Å². The van der Waals surface area contributed by atoms with Crippen LogP contribution in [0.25, 0.3) is 0 Å². The van der Waals surface area contributed by atoms with Crippen molar-refractivity contribution in [1.82, 2.24) is 20.0 Å². The minimum absolute atomic E-state index is 0. The zero-order valence-electron chi connectivity index (χ0n) is 18.9. The Balaban J connectivity index is 0.00000272. The van der Waals surface area contributed by atoms with Crippen molar-refractivity contribution in [2.24, 2.45) is 4.99 Å². The number of rotatable bonds is 6. The molecule has 3 aliphatic rings. The number of likely N-dealkylation sites (tertiary alicyclic amines) is 1. The van der Waals surface area contributed by atoms with E-state index in [1.807, 2.05) is 0 Å². The molecule has 0 aromatic heterocycles. The minimum Gasteiger partial charge on any atom is -0.379 e. The second-order valence-electron chi connectivity index (χ2n) is 8.53. The molecule has 3 unspecified atom stereocenters. The number of hydrogen-bond acceptors (Lipinski definition) is 5. The summed E-state index contributed by atoms with van der Waals surface area (Å²) in [5.41, 5.74) is 1.37. The van der Waals surface area contributed by atoms with Crippen molar-refractivity contribution < 1.29 is 9.47 Å². The Bertz CT molecular complexity index is 686. The molecule has 1 aromatic rings. The molecule has 174 valence electrons. The molecule has 1 N–H and O–H groups in total. The lowest BCUT2D eigenvalue weighted by Gasteiger charge is -2.36. The normalized spacial score (nSPS) is 26.3. The Labute approximate surface area is 204 Å². The van der Waals surface area contributed by atoms with Gasteiger partial charge >= 0.3 is 0 Å². The largest absolute Gasteiger partial charge is 0.379 e. The van der Waals surface area contributed by atoms with Gasteiger partial charge in [0.1, 0.15) is 0 Å². The molecule has 4 rings (SSSR count). The van der Waals surface area contributed by atoms with Crippen LogP contribution in [0.15, 0.2) is 35.3 Å². The molecule has 31 heavy (non-hydrogen) atoms. The number of halogens is 1. The van der Waals surface area contributed by atoms with Crippen molar-refractivity contribution >= 4 is 29.9 Å². The number of aliphatic imine (C=N–C) groups is 1. The minimum atomic E-state index is 0. The summed E-state index contributed by atoms with van der Waals surface area (Å²) in [6, 6.07) is 11.6. The van der Waals surface area contributed by atoms with Gasteiger partial charge in [0.2, 0.25) is 0 Å². The first-order valence-electron chi connectivity index (χ1n) is 11.5. The summed E-state index contributed by atoms with van der Waals surface area (Å²) in [4.78, 5) is 12.5. The second-order valence-corrected chi connectivity index (χ2v) is 8.53. The van der Waals surface area contributed by atoms with Crippen LogP contribution in [0, 0.1) is 0 Å². The van der Waals surface area contributed by atoms with Gasteiger partial charge in [0, 0.05) is 51.9 Å². The Hall–Kier alpha value is -0.940. The summed E-state index contributed by atoms with van der Waals surface area (Å²) in [6.07, 6.45) is 0.253. The highest BCUT2D eigenvalue weighted by Crippen LogP contribution is 2.24. The molecule has 3 aliphatic heterocycles. The number of morpholine rings is 2. The standard InChI is InChI=1S/C23H37N5O2.HI/c1-3-24-23(25-15-19(2)26-9-12-29-13-10-26)28-17-21-22(18-28)30-14-11-27(21)16-20-7-5-4-6-8-20;/h4-8,19,21-22H,3,9-18H2,1-2H3,(H,24,25);1H. The highest BCUT2D eigenvalue weighted by Gasteiger charge is 2.41. The summed E-state index contributed by atoms with van der Waals surface area (Å²) in [7, 11) is 0. The average Bonchev–Trinajstić information content (AvgIpc) is 3.23. The van der Waals surface area contributed by atoms with E-state index in [4.69, 9.17) is 14.5 Å². The van der Waals surface area contributed by atoms with E-state index >= 15 is 0 Å². The number of nitrogens with one attached hydrogen (secondary N) is 1. The summed E-state index contributed by atoms with van der Waals surface area (Å²) in [6.45, 7) is 14.4. The van der Waals surface area contributed by atoms with E-state index in [0.29, 0.717) is 12.1 Å². The SMILES string of the molecule is CCNC(=NCC(C)N1CCOCC1)N1CC2OCCN(Cc3ccccc3)C2C1.I. The van der Waals surface area contributed by atoms with Gasteiger partial charge in [0.25, 0.3) is 0 Å². The van der Waals surface area contributed by atoms with E-state index in [1.54, 1.807) is 0 Å². The maximum absolute atomic E-state index is 6.16. The van der Waals surface area contributed by atoms with Crippen molar-refractivity contribution in [3.05, 3.63) is 35.9 Å². The summed E-state index contributed by atoms with van der Waals surface area (Å²) >= 11 is 0. The van der Waals surface area contributed by atoms with Crippen molar-refractivity contribution in [1.29, 1.82) is 0 Å². The number of hydrogen-bond donors (Lipinski definition) is 1. The molecule has 3 heterocycles. The summed E-state index contributed by atoms with van der Waals surface area (Å²) < 4.78 is 11.6. The van der Waals surface area contributed by atoms with Gasteiger partial charge in [-0.3, -0.25) is 14.8 Å². The van der Waals surface area contributed by atoms with Gasteiger partial charge in [-0.15, -0.1) is 24.0 Å². The number of benzene rings is 1. The van der Waals surface area contributed by atoms with Crippen LogP contribution in [0.2, 0.25) is 0 Å². The van der Waals surface area contributed by atoms with Crippen LogP contribution in [-0.2, 0) is 16.0 Å². The lowest BCUT2D eigenvalue weighted by Crippen LogP contribution is -2.50. The molecule has 0 saturated carbocycles. The Morgan fingerprint density at radius 1 is 1.13 bits per heavy atom. The lowest BCUT2D eigenvalue weighted by molar-refractivity contribution is -0.0502. The van der Waals surface area contributed by atoms with E-state index in [1.165, 1.54) is 5.56 Å². The van der Waals surface area contributed by atoms with Gasteiger partial charge < -0.3 is 19.7 Å². The predicted molar refractivity (Wildman–Crippen MR) is 135 cm³/mol. The first kappa shape index (κ1) is 24.7. The third-order valence-corrected chi connectivity index (χ3v) is 6.45. The van der Waals surface area contributed by atoms with Gasteiger partial charge in [-0.25, -0.2) is 0 Å². The van der Waals surface area contributed by atoms with Crippen molar-refractivity contribution in [3.63, 3.8) is 0 Å². The van der Waals surface area contributed by atoms with Crippen LogP contribution in [-0.4, -0.2) is 104 Å². The zero-order chi connectivity index (χ0) is 20.8. The molecule has 0 radical (unpaired) electrons. The molecule has 0 bridgehead atoms. The number of nitrogens with zero attached hydrogens (tertiary/aromatic N) is 4. The Morgan fingerprint density at radius 2 is 1.90 bits per heavy atom. The van der Waals surface area contributed by atoms with Crippen LogP contribution in [0.3, 0.4) is 0 Å². The molecule has 8 heteroatoms. The molecule has 1 aromatic carbocycles. The van der Waals surface area contributed by atoms with Gasteiger partial charge in [-0.05, 0) is 19.4 Å². The van der Waals surface area contributed by atoms with Gasteiger partial charge in [-0.2, -0.15) is 0 Å². The fourth-order valence-electron chi connectivity index (χ4n) is 4.72. The summed E-state index contributed by atoms with van der Waals surface area (Å²) in [5, 5.41) is 3.52. The molecule has 0 amide bonds. The smallest absolute Gasteiger partial charge is 0.194 e. The third-order valence-electron chi connectivity index (χ3n) is 6.45. The van der Waals surface area contributed by atoms with E-state index in [9.17, 15) is 0 Å². The molecular weight excluding hydrogens is 505 g/mol. The van der Waals surface area contributed by atoms with Crippen LogP contribution in [0.5, 0.6) is 0 Å². The molecule has 3 saturated heterocycles. The van der Waals surface area contributed by atoms with Gasteiger partial charge in [0.05, 0.1) is 38.5 Å². The van der Waals surface area contributed by atoms with Crippen molar-refractivity contribution in [3.8, 4) is 0 Å². The molecule has 3 atom stereocenters. The molecular formula is C23H38IN5O2. The molecule has 0 aliphatic carbocycles. The van der Waals surface area contributed by atoms with Crippen LogP contribution >= 0.6 is 24.0 Å². The van der Waals surface area contributed by atoms with Crippen molar-refractivity contribution in [2.45, 2.75) is 38.6 Å². The third kappa shape index (κ3) is 6.54. The first-order valence-corrected chi connectivity index (χ1v) is 11.5. The average molecular weight is 543 g/mol. The number of fused-ring (bicyclic) bond motifs is 1. The maximum atomic E-state index is 6.16. The highest BCUT2D eigenvalue weighted by molar-refractivity contribution is 14.0. The lowest BCUT2D eigenvalue weighted by atomic mass is 10.1. The predicted octanol–water partition coefficient (Wildman–Crippen LogP) is 1.88. The Kier molecular flexibility index (Phi) is 9.83. The Morgan fingerprint density at radius 3 is 2.65 bits per heavy atom. The van der Waals surface area contributed by atoms with E-state index in [2.05, 4.69) is 64.2 Å². The topological polar surface area (TPSA) is 52.6 Å². The molecule has 0 spiro atoms. The highest BCUT2D eigenvalue weighted by atomic mass is 127. The zero-order valence-corrected chi connectivity index (χ0v) is 21.2. The monoisotopic (exact) mass is 543 g/mol. The fourth-order valence-corrected chi connectivity index (χ4v) is 4.72. The van der Waals surface area contributed by atoms with Gasteiger partial charge in [0.15, 0.2) is 5.96 Å². The number of guanidine groups is 1. The maximum Gasteiger partial charge on any atom is 0.194 e. The summed E-state index contributed by atoms with van der Waals surface area (Å²) in [5.74, 6) is 1.02. The first-order chi connectivity index (χ1) is 14.7. The van der Waals surface area contributed by atoms with Crippen molar-refractivity contribution in [2.75, 3.05) is 65.6 Å². The fraction of sp³-hybridized carbons (Fsp3) is 0.696. The van der Waals surface area contributed by atoms with E-state index < -0.39 is 0 Å².